The number of carbonyl (C=O) groups excluding carboxylic acids is 3. The number of carbonyl (C=O) groups is 3. The van der Waals surface area contributed by atoms with Crippen molar-refractivity contribution in [2.75, 3.05) is 39.0 Å². The van der Waals surface area contributed by atoms with Crippen LogP contribution < -0.4 is 5.32 Å². The highest BCUT2D eigenvalue weighted by Gasteiger charge is 2.50. The van der Waals surface area contributed by atoms with Crippen LogP contribution in [0, 0.1) is 5.82 Å². The van der Waals surface area contributed by atoms with E-state index in [9.17, 15) is 27.2 Å². The van der Waals surface area contributed by atoms with Gasteiger partial charge in [-0.3, -0.25) is 14.5 Å². The molecule has 2 heterocycles. The minimum Gasteiger partial charge on any atom is -0.338 e. The van der Waals surface area contributed by atoms with Crippen LogP contribution in [0.2, 0.25) is 5.02 Å². The van der Waals surface area contributed by atoms with Crippen molar-refractivity contribution in [1.29, 1.82) is 0 Å². The second-order valence-corrected chi connectivity index (χ2v) is 9.50. The molecule has 3 rings (SSSR count). The van der Waals surface area contributed by atoms with Crippen molar-refractivity contribution >= 4 is 39.5 Å². The molecule has 12 heteroatoms. The van der Waals surface area contributed by atoms with Crippen LogP contribution in [0.1, 0.15) is 12.5 Å². The van der Waals surface area contributed by atoms with Crippen molar-refractivity contribution in [3.8, 4) is 0 Å². The third-order valence-electron chi connectivity index (χ3n) is 5.10. The zero-order valence-corrected chi connectivity index (χ0v) is 17.4. The minimum atomic E-state index is -3.34. The second kappa shape index (κ2) is 7.54. The van der Waals surface area contributed by atoms with Crippen molar-refractivity contribution in [2.45, 2.75) is 12.5 Å². The van der Waals surface area contributed by atoms with Gasteiger partial charge >= 0.3 is 6.03 Å². The van der Waals surface area contributed by atoms with Crippen LogP contribution in [0.5, 0.6) is 0 Å². The largest absolute Gasteiger partial charge is 0.338 e. The van der Waals surface area contributed by atoms with Gasteiger partial charge in [-0.1, -0.05) is 17.7 Å². The van der Waals surface area contributed by atoms with Gasteiger partial charge in [0.15, 0.2) is 0 Å². The Morgan fingerprint density at radius 1 is 1.24 bits per heavy atom. The van der Waals surface area contributed by atoms with Crippen molar-refractivity contribution in [3.05, 3.63) is 34.6 Å². The smallest absolute Gasteiger partial charge is 0.325 e. The van der Waals surface area contributed by atoms with Crippen LogP contribution in [0.4, 0.5) is 9.18 Å². The SMILES string of the molecule is CC1(c2ccc(F)cc2Cl)NC(=O)N(CC(=O)N2CCN(S(C)(=O)=O)CC2)C1=O. The van der Waals surface area contributed by atoms with E-state index in [4.69, 9.17) is 11.6 Å². The number of hydrogen-bond acceptors (Lipinski definition) is 5. The average molecular weight is 447 g/mol. The lowest BCUT2D eigenvalue weighted by Crippen LogP contribution is -2.53. The van der Waals surface area contributed by atoms with E-state index in [1.807, 2.05) is 0 Å². The highest BCUT2D eigenvalue weighted by atomic mass is 35.5. The van der Waals surface area contributed by atoms with Gasteiger partial charge < -0.3 is 10.2 Å². The van der Waals surface area contributed by atoms with E-state index in [0.717, 1.165) is 23.3 Å². The maximum atomic E-state index is 13.3. The Kier molecular flexibility index (Phi) is 5.58. The number of piperazine rings is 1. The molecule has 0 bridgehead atoms. The van der Waals surface area contributed by atoms with Gasteiger partial charge in [0.25, 0.3) is 5.91 Å². The lowest BCUT2D eigenvalue weighted by Gasteiger charge is -2.33. The molecule has 1 aromatic rings. The summed E-state index contributed by atoms with van der Waals surface area (Å²) in [6, 6.07) is 2.71. The van der Waals surface area contributed by atoms with Gasteiger partial charge in [0.05, 0.1) is 6.26 Å². The summed E-state index contributed by atoms with van der Waals surface area (Å²) in [5.74, 6) is -1.74. The molecule has 2 aliphatic heterocycles. The van der Waals surface area contributed by atoms with Crippen molar-refractivity contribution < 1.29 is 27.2 Å². The molecular formula is C17H20ClFN4O5S. The van der Waals surface area contributed by atoms with Gasteiger partial charge in [0.1, 0.15) is 17.9 Å². The highest BCUT2D eigenvalue weighted by molar-refractivity contribution is 7.88. The van der Waals surface area contributed by atoms with Gasteiger partial charge in [-0.2, -0.15) is 4.31 Å². The fourth-order valence-corrected chi connectivity index (χ4v) is 4.61. The number of nitrogens with one attached hydrogen (secondary N) is 1. The summed E-state index contributed by atoms with van der Waals surface area (Å²) >= 11 is 6.05. The maximum Gasteiger partial charge on any atom is 0.325 e. The second-order valence-electron chi connectivity index (χ2n) is 7.11. The van der Waals surface area contributed by atoms with Gasteiger partial charge in [-0.05, 0) is 19.1 Å². The Hall–Kier alpha value is -2.24. The van der Waals surface area contributed by atoms with Crippen molar-refractivity contribution in [2.24, 2.45) is 0 Å². The molecule has 4 amide bonds. The van der Waals surface area contributed by atoms with Gasteiger partial charge in [-0.25, -0.2) is 17.6 Å². The van der Waals surface area contributed by atoms with Crippen LogP contribution in [0.3, 0.4) is 0 Å². The first-order valence-electron chi connectivity index (χ1n) is 8.76. The maximum absolute atomic E-state index is 13.3. The fraction of sp³-hybridized carbons (Fsp3) is 0.471. The Bertz CT molecular complexity index is 980. The summed E-state index contributed by atoms with van der Waals surface area (Å²) in [4.78, 5) is 40.0. The Balaban J connectivity index is 1.71. The van der Waals surface area contributed by atoms with E-state index in [0.29, 0.717) is 0 Å². The predicted molar refractivity (Wildman–Crippen MR) is 102 cm³/mol. The van der Waals surface area contributed by atoms with Crippen LogP contribution in [0.15, 0.2) is 18.2 Å². The molecule has 2 fully saturated rings. The molecule has 1 aromatic carbocycles. The number of urea groups is 1. The summed E-state index contributed by atoms with van der Waals surface area (Å²) in [6.07, 6.45) is 1.10. The van der Waals surface area contributed by atoms with Crippen molar-refractivity contribution in [3.63, 3.8) is 0 Å². The first kappa shape index (κ1) is 21.5. The van der Waals surface area contributed by atoms with E-state index in [-0.39, 0.29) is 36.8 Å². The third kappa shape index (κ3) is 4.07. The summed E-state index contributed by atoms with van der Waals surface area (Å²) < 4.78 is 37.7. The molecule has 9 nitrogen and oxygen atoms in total. The molecule has 2 aliphatic rings. The van der Waals surface area contributed by atoms with Crippen molar-refractivity contribution in [1.82, 2.24) is 19.4 Å². The summed E-state index contributed by atoms with van der Waals surface area (Å²) in [7, 11) is -3.34. The number of nitrogens with zero attached hydrogens (tertiary/aromatic N) is 3. The molecule has 1 unspecified atom stereocenters. The minimum absolute atomic E-state index is 0.0220. The fourth-order valence-electron chi connectivity index (χ4n) is 3.42. The summed E-state index contributed by atoms with van der Waals surface area (Å²) in [5, 5.41) is 2.49. The standard InChI is InChI=1S/C17H20ClFN4O5S/c1-17(12-4-3-11(19)9-13(12)18)15(25)23(16(26)20-17)10-14(24)21-5-7-22(8-6-21)29(2,27)28/h3-4,9H,5-8,10H2,1-2H3,(H,20,26). The number of hydrogen-bond donors (Lipinski definition) is 1. The first-order chi connectivity index (χ1) is 13.4. The zero-order chi connectivity index (χ0) is 21.6. The molecule has 2 saturated heterocycles. The number of sulfonamides is 1. The van der Waals surface area contributed by atoms with E-state index < -0.39 is 45.8 Å². The number of rotatable bonds is 4. The van der Waals surface area contributed by atoms with Crippen LogP contribution in [-0.4, -0.2) is 79.3 Å². The lowest BCUT2D eigenvalue weighted by atomic mass is 9.92. The predicted octanol–water partition coefficient (Wildman–Crippen LogP) is 0.350. The van der Waals surface area contributed by atoms with E-state index in [1.165, 1.54) is 22.2 Å². The molecule has 1 N–H and O–H groups in total. The Morgan fingerprint density at radius 2 is 1.86 bits per heavy atom. The Morgan fingerprint density at radius 3 is 2.41 bits per heavy atom. The van der Waals surface area contributed by atoms with E-state index in [2.05, 4.69) is 5.32 Å². The van der Waals surface area contributed by atoms with E-state index in [1.54, 1.807) is 0 Å². The van der Waals surface area contributed by atoms with Crippen LogP contribution in [0.25, 0.3) is 0 Å². The summed E-state index contributed by atoms with van der Waals surface area (Å²) in [6.45, 7) is 1.56. The molecular weight excluding hydrogens is 427 g/mol. The number of halogens is 2. The Labute approximate surface area is 172 Å². The van der Waals surface area contributed by atoms with Crippen LogP contribution in [-0.2, 0) is 25.2 Å². The average Bonchev–Trinajstić information content (AvgIpc) is 2.84. The molecule has 1 atom stereocenters. The van der Waals surface area contributed by atoms with Gasteiger partial charge in [0.2, 0.25) is 15.9 Å². The normalized spacial score (nSPS) is 23.4. The first-order valence-corrected chi connectivity index (χ1v) is 11.0. The molecule has 0 spiro atoms. The zero-order valence-electron chi connectivity index (χ0n) is 15.8. The van der Waals surface area contributed by atoms with E-state index >= 15 is 0 Å². The quantitative estimate of drug-likeness (QED) is 0.671. The molecule has 0 aliphatic carbocycles. The van der Waals surface area contributed by atoms with Gasteiger partial charge in [-0.15, -0.1) is 0 Å². The van der Waals surface area contributed by atoms with Crippen LogP contribution >= 0.6 is 11.6 Å². The molecule has 29 heavy (non-hydrogen) atoms. The lowest BCUT2D eigenvalue weighted by molar-refractivity contribution is -0.139. The molecule has 0 saturated carbocycles. The number of amides is 4. The third-order valence-corrected chi connectivity index (χ3v) is 6.71. The van der Waals surface area contributed by atoms with Gasteiger partial charge in [0, 0.05) is 36.8 Å². The highest BCUT2D eigenvalue weighted by Crippen LogP contribution is 2.34. The monoisotopic (exact) mass is 446 g/mol. The molecule has 158 valence electrons. The number of imide groups is 1. The topological polar surface area (TPSA) is 107 Å². The molecule has 0 radical (unpaired) electrons. The summed E-state index contributed by atoms with van der Waals surface area (Å²) in [5.41, 5.74) is -1.31. The molecule has 0 aromatic heterocycles. The number of benzene rings is 1.